The molecule has 1 N–H and O–H groups in total. The van der Waals surface area contributed by atoms with Gasteiger partial charge in [0.15, 0.2) is 5.82 Å². The lowest BCUT2D eigenvalue weighted by Gasteiger charge is -2.34. The molecule has 102 valence electrons. The van der Waals surface area contributed by atoms with E-state index in [-0.39, 0.29) is 11.3 Å². The average molecular weight is 281 g/mol. The smallest absolute Gasteiger partial charge is 0.243 e. The van der Waals surface area contributed by atoms with Gasteiger partial charge in [0.25, 0.3) is 0 Å². The summed E-state index contributed by atoms with van der Waals surface area (Å²) >= 11 is 5.99. The van der Waals surface area contributed by atoms with Gasteiger partial charge in [-0.15, -0.1) is 5.10 Å². The van der Waals surface area contributed by atoms with Gasteiger partial charge in [-0.2, -0.15) is 4.98 Å². The Morgan fingerprint density at radius 2 is 2.26 bits per heavy atom. The summed E-state index contributed by atoms with van der Waals surface area (Å²) in [6.45, 7) is 4.56. The molecule has 2 aromatic heterocycles. The Labute approximate surface area is 116 Å². The van der Waals surface area contributed by atoms with Gasteiger partial charge in [0.2, 0.25) is 5.28 Å². The first-order chi connectivity index (χ1) is 8.97. The molecule has 0 radical (unpaired) electrons. The van der Waals surface area contributed by atoms with Gasteiger partial charge in [-0.25, -0.2) is 4.52 Å². The molecule has 6 heteroatoms. The van der Waals surface area contributed by atoms with Crippen LogP contribution >= 0.6 is 11.6 Å². The Bertz CT molecular complexity index is 604. The lowest BCUT2D eigenvalue weighted by atomic mass is 9.97. The molecular formula is C13H17ClN4O. The molecule has 2 aromatic rings. The Morgan fingerprint density at radius 1 is 1.47 bits per heavy atom. The van der Waals surface area contributed by atoms with E-state index in [0.29, 0.717) is 0 Å². The fraction of sp³-hybridized carbons (Fsp3) is 0.538. The van der Waals surface area contributed by atoms with Gasteiger partial charge < -0.3 is 10.0 Å². The molecule has 1 fully saturated rings. The normalized spacial score (nSPS) is 20.4. The van der Waals surface area contributed by atoms with E-state index in [0.717, 1.165) is 30.7 Å². The molecule has 1 saturated heterocycles. The lowest BCUT2D eigenvalue weighted by Crippen LogP contribution is -2.46. The van der Waals surface area contributed by atoms with E-state index in [1.807, 2.05) is 32.2 Å². The zero-order valence-corrected chi connectivity index (χ0v) is 11.8. The summed E-state index contributed by atoms with van der Waals surface area (Å²) in [6.07, 6.45) is 3.85. The third-order valence-electron chi connectivity index (χ3n) is 3.69. The zero-order valence-electron chi connectivity index (χ0n) is 11.0. The van der Waals surface area contributed by atoms with Crippen LogP contribution in [0.2, 0.25) is 5.28 Å². The molecule has 0 aromatic carbocycles. The van der Waals surface area contributed by atoms with Gasteiger partial charge >= 0.3 is 0 Å². The summed E-state index contributed by atoms with van der Waals surface area (Å²) in [5, 5.41) is 14.7. The Hall–Kier alpha value is -1.33. The van der Waals surface area contributed by atoms with Gasteiger partial charge in [-0.3, -0.25) is 0 Å². The molecule has 5 nitrogen and oxygen atoms in total. The molecule has 0 saturated carbocycles. The van der Waals surface area contributed by atoms with Crippen molar-refractivity contribution in [2.45, 2.75) is 38.3 Å². The van der Waals surface area contributed by atoms with Gasteiger partial charge in [0.1, 0.15) is 5.52 Å². The van der Waals surface area contributed by atoms with Crippen LogP contribution in [-0.2, 0) is 0 Å². The number of fused-ring (bicyclic) bond motifs is 1. The SMILES string of the molecule is CC(C)(O)C1CCCN1c1nc(Cl)nn2cccc12. The predicted octanol–water partition coefficient (Wildman–Crippen LogP) is 2.12. The van der Waals surface area contributed by atoms with Crippen LogP contribution in [0.1, 0.15) is 26.7 Å². The molecule has 3 rings (SSSR count). The van der Waals surface area contributed by atoms with Crippen molar-refractivity contribution in [3.8, 4) is 0 Å². The van der Waals surface area contributed by atoms with Gasteiger partial charge in [0, 0.05) is 12.7 Å². The van der Waals surface area contributed by atoms with Crippen molar-refractivity contribution in [3.63, 3.8) is 0 Å². The average Bonchev–Trinajstić information content (AvgIpc) is 2.94. The fourth-order valence-electron chi connectivity index (χ4n) is 2.86. The number of anilines is 1. The molecule has 1 aliphatic heterocycles. The number of halogens is 1. The maximum atomic E-state index is 10.3. The lowest BCUT2D eigenvalue weighted by molar-refractivity contribution is 0.0533. The largest absolute Gasteiger partial charge is 0.388 e. The summed E-state index contributed by atoms with van der Waals surface area (Å²) in [5.41, 5.74) is 0.151. The number of nitrogens with zero attached hydrogens (tertiary/aromatic N) is 4. The van der Waals surface area contributed by atoms with E-state index in [1.54, 1.807) is 4.52 Å². The molecule has 1 aliphatic rings. The summed E-state index contributed by atoms with van der Waals surface area (Å²) in [7, 11) is 0. The summed E-state index contributed by atoms with van der Waals surface area (Å²) < 4.78 is 1.73. The van der Waals surface area contributed by atoms with Crippen molar-refractivity contribution in [2.24, 2.45) is 0 Å². The van der Waals surface area contributed by atoms with Gasteiger partial charge in [-0.05, 0) is 50.4 Å². The fourth-order valence-corrected chi connectivity index (χ4v) is 3.02. The monoisotopic (exact) mass is 280 g/mol. The summed E-state index contributed by atoms with van der Waals surface area (Å²) in [6, 6.07) is 3.93. The number of aliphatic hydroxyl groups is 1. The summed E-state index contributed by atoms with van der Waals surface area (Å²) in [5.74, 6) is 0.801. The zero-order chi connectivity index (χ0) is 13.6. The van der Waals surface area contributed by atoms with E-state index in [9.17, 15) is 5.11 Å². The Balaban J connectivity index is 2.10. The highest BCUT2D eigenvalue weighted by Gasteiger charge is 2.37. The van der Waals surface area contributed by atoms with Crippen LogP contribution in [0.15, 0.2) is 18.3 Å². The maximum Gasteiger partial charge on any atom is 0.243 e. The van der Waals surface area contributed by atoms with Crippen LogP contribution in [0.5, 0.6) is 0 Å². The van der Waals surface area contributed by atoms with Crippen molar-refractivity contribution >= 4 is 22.9 Å². The number of rotatable bonds is 2. The minimum Gasteiger partial charge on any atom is -0.388 e. The number of aromatic nitrogens is 3. The van der Waals surface area contributed by atoms with Crippen molar-refractivity contribution in [1.29, 1.82) is 0 Å². The van der Waals surface area contributed by atoms with E-state index in [4.69, 9.17) is 11.6 Å². The predicted molar refractivity (Wildman–Crippen MR) is 74.7 cm³/mol. The molecule has 1 atom stereocenters. The first-order valence-electron chi connectivity index (χ1n) is 6.47. The Morgan fingerprint density at radius 3 is 3.00 bits per heavy atom. The van der Waals surface area contributed by atoms with E-state index in [2.05, 4.69) is 15.0 Å². The third kappa shape index (κ3) is 2.17. The molecule has 0 spiro atoms. The first kappa shape index (κ1) is 12.7. The quantitative estimate of drug-likeness (QED) is 0.916. The molecule has 3 heterocycles. The standard InChI is InChI=1S/C13H17ClN4O/c1-13(2,19)10-6-4-7-17(10)11-9-5-3-8-18(9)16-12(14)15-11/h3,5,8,10,19H,4,6-7H2,1-2H3. The second-order valence-electron chi connectivity index (χ2n) is 5.55. The van der Waals surface area contributed by atoms with Crippen LogP contribution in [0, 0.1) is 0 Å². The van der Waals surface area contributed by atoms with E-state index >= 15 is 0 Å². The number of hydrogen-bond donors (Lipinski definition) is 1. The minimum absolute atomic E-state index is 0.0529. The first-order valence-corrected chi connectivity index (χ1v) is 6.84. The van der Waals surface area contributed by atoms with Crippen LogP contribution in [0.25, 0.3) is 5.52 Å². The van der Waals surface area contributed by atoms with Crippen LogP contribution < -0.4 is 4.90 Å². The minimum atomic E-state index is -0.766. The molecular weight excluding hydrogens is 264 g/mol. The number of hydrogen-bond acceptors (Lipinski definition) is 4. The van der Waals surface area contributed by atoms with Crippen LogP contribution in [0.4, 0.5) is 5.82 Å². The molecule has 1 unspecified atom stereocenters. The van der Waals surface area contributed by atoms with Crippen LogP contribution in [0.3, 0.4) is 0 Å². The van der Waals surface area contributed by atoms with Crippen molar-refractivity contribution < 1.29 is 5.11 Å². The van der Waals surface area contributed by atoms with Crippen molar-refractivity contribution in [1.82, 2.24) is 14.6 Å². The molecule has 0 aliphatic carbocycles. The van der Waals surface area contributed by atoms with Crippen LogP contribution in [-0.4, -0.2) is 37.9 Å². The Kier molecular flexibility index (Phi) is 2.91. The van der Waals surface area contributed by atoms with Gasteiger partial charge in [-0.1, -0.05) is 0 Å². The van der Waals surface area contributed by atoms with Crippen molar-refractivity contribution in [2.75, 3.05) is 11.4 Å². The maximum absolute atomic E-state index is 10.3. The third-order valence-corrected chi connectivity index (χ3v) is 3.85. The van der Waals surface area contributed by atoms with Crippen molar-refractivity contribution in [3.05, 3.63) is 23.6 Å². The summed E-state index contributed by atoms with van der Waals surface area (Å²) in [4.78, 5) is 6.51. The highest BCUT2D eigenvalue weighted by molar-refractivity contribution is 6.28. The second kappa shape index (κ2) is 4.35. The van der Waals surface area contributed by atoms with E-state index < -0.39 is 5.60 Å². The topological polar surface area (TPSA) is 53.7 Å². The molecule has 0 bridgehead atoms. The molecule has 19 heavy (non-hydrogen) atoms. The highest BCUT2D eigenvalue weighted by atomic mass is 35.5. The van der Waals surface area contributed by atoms with Gasteiger partial charge in [0.05, 0.1) is 11.6 Å². The molecule has 0 amide bonds. The second-order valence-corrected chi connectivity index (χ2v) is 5.89. The van der Waals surface area contributed by atoms with E-state index in [1.165, 1.54) is 0 Å². The highest BCUT2D eigenvalue weighted by Crippen LogP contribution is 2.33.